The van der Waals surface area contributed by atoms with E-state index in [1.165, 1.54) is 12.1 Å². The molecule has 5 nitrogen and oxygen atoms in total. The average molecular weight is 391 g/mol. The fourth-order valence-corrected chi connectivity index (χ4v) is 2.86. The Kier molecular flexibility index (Phi) is 5.60. The Balaban J connectivity index is 1.93. The smallest absolute Gasteiger partial charge is 0.195 e. The summed E-state index contributed by atoms with van der Waals surface area (Å²) in [5.41, 5.74) is 4.42. The number of nitrogens with one attached hydrogen (secondary N) is 1. The molecule has 0 aliphatic heterocycles. The summed E-state index contributed by atoms with van der Waals surface area (Å²) in [5, 5.41) is 2.62. The Hall–Kier alpha value is -3.00. The van der Waals surface area contributed by atoms with E-state index in [1.807, 2.05) is 19.0 Å². The molecule has 0 fully saturated rings. The Morgan fingerprint density at radius 3 is 2.50 bits per heavy atom. The Morgan fingerprint density at radius 1 is 1.07 bits per heavy atom. The first-order valence-electron chi connectivity index (χ1n) is 8.67. The number of fused-ring (bicyclic) bond motifs is 1. The van der Waals surface area contributed by atoms with Crippen molar-refractivity contribution in [3.8, 4) is 11.3 Å². The number of nitrogens with two attached hydrogens (primary N) is 1. The summed E-state index contributed by atoms with van der Waals surface area (Å²) in [6, 6.07) is 5.83. The van der Waals surface area contributed by atoms with Crippen molar-refractivity contribution in [1.29, 1.82) is 0 Å². The third kappa shape index (κ3) is 3.96. The van der Waals surface area contributed by atoms with Gasteiger partial charge in [0.15, 0.2) is 16.8 Å². The first-order chi connectivity index (χ1) is 13.3. The average Bonchev–Trinajstić information content (AvgIpc) is 2.63. The second kappa shape index (κ2) is 7.93. The van der Waals surface area contributed by atoms with Crippen LogP contribution in [0.4, 0.5) is 24.5 Å². The van der Waals surface area contributed by atoms with Gasteiger partial charge < -0.3 is 20.4 Å². The van der Waals surface area contributed by atoms with Crippen LogP contribution in [0.5, 0.6) is 0 Å². The zero-order valence-corrected chi connectivity index (χ0v) is 15.5. The molecule has 3 aromatic rings. The van der Waals surface area contributed by atoms with Crippen LogP contribution in [0.3, 0.4) is 0 Å². The van der Waals surface area contributed by atoms with Gasteiger partial charge in [0.2, 0.25) is 0 Å². The standard InChI is InChI=1S/C20H20F3N3O2/c1-26(2)7-3-6-25-15-5-4-11(8-12(15)21)17-10-16(27)18-19(24)13(22)9-14(23)20(18)28-17/h4-5,8-10,25H,3,6-7,24H2,1-2H3. The molecule has 0 saturated heterocycles. The van der Waals surface area contributed by atoms with Crippen LogP contribution in [0.1, 0.15) is 6.42 Å². The van der Waals surface area contributed by atoms with E-state index in [0.717, 1.165) is 19.0 Å². The summed E-state index contributed by atoms with van der Waals surface area (Å²) in [7, 11) is 3.91. The van der Waals surface area contributed by atoms with E-state index in [9.17, 15) is 18.0 Å². The molecule has 3 N–H and O–H groups in total. The summed E-state index contributed by atoms with van der Waals surface area (Å²) in [6.07, 6.45) is 0.838. The molecule has 0 radical (unpaired) electrons. The minimum Gasteiger partial charge on any atom is -0.453 e. The number of hydrogen-bond donors (Lipinski definition) is 2. The first kappa shape index (κ1) is 19.8. The van der Waals surface area contributed by atoms with E-state index >= 15 is 0 Å². The monoisotopic (exact) mass is 391 g/mol. The highest BCUT2D eigenvalue weighted by molar-refractivity contribution is 5.90. The van der Waals surface area contributed by atoms with Crippen LogP contribution in [0.25, 0.3) is 22.3 Å². The molecule has 0 bridgehead atoms. The van der Waals surface area contributed by atoms with Gasteiger partial charge in [-0.2, -0.15) is 0 Å². The summed E-state index contributed by atoms with van der Waals surface area (Å²) in [5.74, 6) is -2.68. The highest BCUT2D eigenvalue weighted by Gasteiger charge is 2.17. The fraction of sp³-hybridized carbons (Fsp3) is 0.250. The van der Waals surface area contributed by atoms with Gasteiger partial charge in [-0.25, -0.2) is 13.2 Å². The van der Waals surface area contributed by atoms with Gasteiger partial charge in [0.25, 0.3) is 0 Å². The number of nitrogen functional groups attached to an aromatic ring is 1. The molecule has 1 heterocycles. The van der Waals surface area contributed by atoms with Gasteiger partial charge in [0.1, 0.15) is 17.4 Å². The third-order valence-corrected chi connectivity index (χ3v) is 4.30. The van der Waals surface area contributed by atoms with E-state index in [-0.39, 0.29) is 16.7 Å². The SMILES string of the molecule is CN(C)CCCNc1ccc(-c2cc(=O)c3c(N)c(F)cc(F)c3o2)cc1F. The van der Waals surface area contributed by atoms with E-state index < -0.39 is 34.2 Å². The highest BCUT2D eigenvalue weighted by atomic mass is 19.1. The number of benzene rings is 2. The molecule has 28 heavy (non-hydrogen) atoms. The molecule has 0 atom stereocenters. The minimum absolute atomic E-state index is 0.0412. The molecule has 0 unspecified atom stereocenters. The molecule has 0 spiro atoms. The van der Waals surface area contributed by atoms with Crippen LogP contribution < -0.4 is 16.5 Å². The molecule has 8 heteroatoms. The minimum atomic E-state index is -1.06. The lowest BCUT2D eigenvalue weighted by Crippen LogP contribution is -2.16. The number of hydrogen-bond acceptors (Lipinski definition) is 5. The van der Waals surface area contributed by atoms with Crippen LogP contribution in [0.15, 0.2) is 39.5 Å². The van der Waals surface area contributed by atoms with Crippen molar-refractivity contribution < 1.29 is 17.6 Å². The molecule has 1 aromatic heterocycles. The summed E-state index contributed by atoms with van der Waals surface area (Å²) in [4.78, 5) is 14.3. The summed E-state index contributed by atoms with van der Waals surface area (Å²) in [6.45, 7) is 1.46. The maximum Gasteiger partial charge on any atom is 0.195 e. The van der Waals surface area contributed by atoms with Crippen molar-refractivity contribution in [2.75, 3.05) is 38.2 Å². The maximum absolute atomic E-state index is 14.4. The largest absolute Gasteiger partial charge is 0.453 e. The molecular formula is C20H20F3N3O2. The van der Waals surface area contributed by atoms with Gasteiger partial charge in [0, 0.05) is 24.2 Å². The van der Waals surface area contributed by atoms with Gasteiger partial charge in [-0.1, -0.05) is 0 Å². The lowest BCUT2D eigenvalue weighted by atomic mass is 10.1. The topological polar surface area (TPSA) is 71.5 Å². The number of anilines is 2. The molecule has 3 rings (SSSR count). The van der Waals surface area contributed by atoms with Crippen molar-refractivity contribution in [3.63, 3.8) is 0 Å². The van der Waals surface area contributed by atoms with Crippen molar-refractivity contribution >= 4 is 22.3 Å². The van der Waals surface area contributed by atoms with Gasteiger partial charge in [0.05, 0.1) is 16.8 Å². The normalized spacial score (nSPS) is 11.4. The molecule has 2 aromatic carbocycles. The summed E-state index contributed by atoms with van der Waals surface area (Å²) < 4.78 is 47.4. The predicted molar refractivity (Wildman–Crippen MR) is 104 cm³/mol. The molecule has 148 valence electrons. The van der Waals surface area contributed by atoms with E-state index in [0.29, 0.717) is 18.3 Å². The zero-order valence-electron chi connectivity index (χ0n) is 15.5. The Morgan fingerprint density at radius 2 is 1.82 bits per heavy atom. The quantitative estimate of drug-likeness (QED) is 0.494. The van der Waals surface area contributed by atoms with Crippen LogP contribution >= 0.6 is 0 Å². The van der Waals surface area contributed by atoms with E-state index in [4.69, 9.17) is 10.2 Å². The van der Waals surface area contributed by atoms with Crippen molar-refractivity contribution in [3.05, 3.63) is 58.0 Å². The Labute approximate surface area is 159 Å². The third-order valence-electron chi connectivity index (χ3n) is 4.30. The zero-order chi connectivity index (χ0) is 20.4. The maximum atomic E-state index is 14.4. The number of rotatable bonds is 6. The van der Waals surface area contributed by atoms with Crippen LogP contribution in [-0.2, 0) is 0 Å². The van der Waals surface area contributed by atoms with Crippen molar-refractivity contribution in [2.24, 2.45) is 0 Å². The lowest BCUT2D eigenvalue weighted by Gasteiger charge is -2.12. The number of halogens is 3. The van der Waals surface area contributed by atoms with Crippen molar-refractivity contribution in [2.45, 2.75) is 6.42 Å². The molecule has 0 saturated carbocycles. The van der Waals surface area contributed by atoms with E-state index in [1.54, 1.807) is 6.07 Å². The molecule has 0 aliphatic carbocycles. The van der Waals surface area contributed by atoms with E-state index in [2.05, 4.69) is 5.32 Å². The molecule has 0 amide bonds. The van der Waals surface area contributed by atoms with Crippen LogP contribution in [0, 0.1) is 17.5 Å². The predicted octanol–water partition coefficient (Wildman–Crippen LogP) is 3.82. The summed E-state index contributed by atoms with van der Waals surface area (Å²) >= 11 is 0. The molecule has 0 aliphatic rings. The van der Waals surface area contributed by atoms with Crippen molar-refractivity contribution in [1.82, 2.24) is 4.90 Å². The second-order valence-electron chi connectivity index (χ2n) is 6.71. The molecular weight excluding hydrogens is 371 g/mol. The second-order valence-corrected chi connectivity index (χ2v) is 6.71. The first-order valence-corrected chi connectivity index (χ1v) is 8.67. The van der Waals surface area contributed by atoms with Crippen LogP contribution in [0.2, 0.25) is 0 Å². The highest BCUT2D eigenvalue weighted by Crippen LogP contribution is 2.30. The Bertz CT molecular complexity index is 1080. The van der Waals surface area contributed by atoms with Gasteiger partial charge in [-0.05, 0) is 45.3 Å². The van der Waals surface area contributed by atoms with Gasteiger partial charge in [-0.3, -0.25) is 4.79 Å². The lowest BCUT2D eigenvalue weighted by molar-refractivity contribution is 0.405. The van der Waals surface area contributed by atoms with Crippen LogP contribution in [-0.4, -0.2) is 32.1 Å². The number of nitrogens with zero attached hydrogens (tertiary/aromatic N) is 1. The van der Waals surface area contributed by atoms with Gasteiger partial charge >= 0.3 is 0 Å². The fourth-order valence-electron chi connectivity index (χ4n) is 2.86. The van der Waals surface area contributed by atoms with Gasteiger partial charge in [-0.15, -0.1) is 0 Å².